The number of carbonyl (C=O) groups excluding carboxylic acids is 1. The molecule has 1 heterocycles. The van der Waals surface area contributed by atoms with E-state index >= 15 is 0 Å². The molecule has 0 aromatic heterocycles. The quantitative estimate of drug-likeness (QED) is 0.594. The predicted molar refractivity (Wildman–Crippen MR) is 113 cm³/mol. The van der Waals surface area contributed by atoms with Crippen molar-refractivity contribution in [1.29, 1.82) is 0 Å². The Morgan fingerprint density at radius 2 is 1.31 bits per heavy atom. The molecule has 0 saturated carbocycles. The van der Waals surface area contributed by atoms with Gasteiger partial charge in [-0.1, -0.05) is 66.7 Å². The highest BCUT2D eigenvalue weighted by molar-refractivity contribution is 5.76. The Hall–Kier alpha value is -3.27. The van der Waals surface area contributed by atoms with Gasteiger partial charge < -0.3 is 14.4 Å². The molecule has 0 unspecified atom stereocenters. The van der Waals surface area contributed by atoms with E-state index in [0.717, 1.165) is 28.2 Å². The van der Waals surface area contributed by atoms with Crippen molar-refractivity contribution in [2.45, 2.75) is 25.9 Å². The second-order valence-electron chi connectivity index (χ2n) is 7.20. The zero-order chi connectivity index (χ0) is 19.9. The maximum absolute atomic E-state index is 13.1. The lowest BCUT2D eigenvalue weighted by Crippen LogP contribution is -2.30. The van der Waals surface area contributed by atoms with Crippen LogP contribution in [0.3, 0.4) is 0 Å². The number of aryl methyl sites for hydroxylation is 1. The van der Waals surface area contributed by atoms with Gasteiger partial charge in [0.2, 0.25) is 5.91 Å². The highest BCUT2D eigenvalue weighted by Crippen LogP contribution is 2.31. The molecule has 0 fully saturated rings. The molecule has 0 spiro atoms. The van der Waals surface area contributed by atoms with Crippen LogP contribution in [0, 0.1) is 0 Å². The van der Waals surface area contributed by atoms with Crippen molar-refractivity contribution in [3.05, 3.63) is 95.6 Å². The fourth-order valence-electron chi connectivity index (χ4n) is 3.49. The molecule has 0 N–H and O–H groups in total. The highest BCUT2D eigenvalue weighted by atomic mass is 16.6. The summed E-state index contributed by atoms with van der Waals surface area (Å²) < 4.78 is 11.2. The molecule has 148 valence electrons. The molecule has 3 aromatic carbocycles. The number of carbonyl (C=O) groups is 1. The molecule has 4 heteroatoms. The Labute approximate surface area is 171 Å². The Kier molecular flexibility index (Phi) is 6.10. The minimum absolute atomic E-state index is 0.146. The fraction of sp³-hybridized carbons (Fsp3) is 0.240. The lowest BCUT2D eigenvalue weighted by Gasteiger charge is -2.23. The molecule has 0 aliphatic carbocycles. The summed E-state index contributed by atoms with van der Waals surface area (Å²) in [7, 11) is 0. The highest BCUT2D eigenvalue weighted by Gasteiger charge is 2.16. The molecule has 4 rings (SSSR count). The van der Waals surface area contributed by atoms with Crippen molar-refractivity contribution < 1.29 is 14.3 Å². The standard InChI is InChI=1S/C25H25NO3/c27-25(14-12-20-11-13-23-24(17-20)29-16-15-28-23)26(18-21-7-3-1-4-8-21)19-22-9-5-2-6-10-22/h1-11,13,17H,12,14-16,18-19H2. The zero-order valence-corrected chi connectivity index (χ0v) is 16.4. The van der Waals surface area contributed by atoms with E-state index in [9.17, 15) is 4.79 Å². The van der Waals surface area contributed by atoms with Gasteiger partial charge in [-0.05, 0) is 35.2 Å². The van der Waals surface area contributed by atoms with Crippen molar-refractivity contribution >= 4 is 5.91 Å². The number of hydrogen-bond acceptors (Lipinski definition) is 3. The van der Waals surface area contributed by atoms with Gasteiger partial charge in [0.15, 0.2) is 11.5 Å². The second-order valence-corrected chi connectivity index (χ2v) is 7.20. The van der Waals surface area contributed by atoms with E-state index in [1.54, 1.807) is 0 Å². The molecule has 1 amide bonds. The Bertz CT molecular complexity index is 899. The van der Waals surface area contributed by atoms with Crippen LogP contribution >= 0.6 is 0 Å². The van der Waals surface area contributed by atoms with Crippen molar-refractivity contribution in [2.75, 3.05) is 13.2 Å². The molecule has 0 bridgehead atoms. The van der Waals surface area contributed by atoms with Crippen LogP contribution in [0.4, 0.5) is 0 Å². The molecule has 29 heavy (non-hydrogen) atoms. The molecular weight excluding hydrogens is 362 g/mol. The summed E-state index contributed by atoms with van der Waals surface area (Å²) in [6.07, 6.45) is 1.13. The third-order valence-electron chi connectivity index (χ3n) is 5.02. The van der Waals surface area contributed by atoms with Crippen molar-refractivity contribution in [3.63, 3.8) is 0 Å². The Balaban J connectivity index is 1.44. The van der Waals surface area contributed by atoms with Crippen molar-refractivity contribution in [2.24, 2.45) is 0 Å². The molecule has 0 saturated heterocycles. The van der Waals surface area contributed by atoms with Crippen LogP contribution in [0.2, 0.25) is 0 Å². The van der Waals surface area contributed by atoms with Gasteiger partial charge in [-0.15, -0.1) is 0 Å². The van der Waals surface area contributed by atoms with E-state index in [0.29, 0.717) is 39.1 Å². The molecule has 1 aliphatic heterocycles. The number of hydrogen-bond donors (Lipinski definition) is 0. The van der Waals surface area contributed by atoms with E-state index in [2.05, 4.69) is 24.3 Å². The van der Waals surface area contributed by atoms with Gasteiger partial charge in [-0.25, -0.2) is 0 Å². The zero-order valence-electron chi connectivity index (χ0n) is 16.4. The number of rotatable bonds is 7. The number of ether oxygens (including phenoxy) is 2. The molecule has 4 nitrogen and oxygen atoms in total. The van der Waals surface area contributed by atoms with Gasteiger partial charge in [-0.3, -0.25) is 4.79 Å². The number of amides is 1. The topological polar surface area (TPSA) is 38.8 Å². The first-order chi connectivity index (χ1) is 14.3. The Morgan fingerprint density at radius 1 is 0.724 bits per heavy atom. The third-order valence-corrected chi connectivity index (χ3v) is 5.02. The summed E-state index contributed by atoms with van der Waals surface area (Å²) in [6.45, 7) is 2.36. The van der Waals surface area contributed by atoms with Gasteiger partial charge in [0.05, 0.1) is 0 Å². The first-order valence-electron chi connectivity index (χ1n) is 10.0. The molecule has 1 aliphatic rings. The lowest BCUT2D eigenvalue weighted by atomic mass is 10.1. The predicted octanol–water partition coefficient (Wildman–Crippen LogP) is 4.62. The largest absolute Gasteiger partial charge is 0.486 e. The van der Waals surface area contributed by atoms with Gasteiger partial charge in [-0.2, -0.15) is 0 Å². The van der Waals surface area contributed by atoms with Crippen LogP contribution in [-0.2, 0) is 24.3 Å². The summed E-state index contributed by atoms with van der Waals surface area (Å²) in [5.41, 5.74) is 3.36. The maximum atomic E-state index is 13.1. The maximum Gasteiger partial charge on any atom is 0.223 e. The SMILES string of the molecule is O=C(CCc1ccc2c(c1)OCCO2)N(Cc1ccccc1)Cc1ccccc1. The summed E-state index contributed by atoms with van der Waals surface area (Å²) in [6, 6.07) is 26.2. The average Bonchev–Trinajstić information content (AvgIpc) is 2.78. The van der Waals surface area contributed by atoms with E-state index < -0.39 is 0 Å². The molecule has 3 aromatic rings. The lowest BCUT2D eigenvalue weighted by molar-refractivity contribution is -0.132. The van der Waals surface area contributed by atoms with Crippen molar-refractivity contribution in [1.82, 2.24) is 4.90 Å². The van der Waals surface area contributed by atoms with Crippen LogP contribution in [0.15, 0.2) is 78.9 Å². The number of benzene rings is 3. The summed E-state index contributed by atoms with van der Waals surface area (Å²) >= 11 is 0. The van der Waals surface area contributed by atoms with Gasteiger partial charge in [0.1, 0.15) is 13.2 Å². The molecule has 0 atom stereocenters. The minimum atomic E-state index is 0.146. The van der Waals surface area contributed by atoms with Gasteiger partial charge >= 0.3 is 0 Å². The van der Waals surface area contributed by atoms with Crippen LogP contribution in [-0.4, -0.2) is 24.0 Å². The second kappa shape index (κ2) is 9.28. The molecular formula is C25H25NO3. The molecule has 0 radical (unpaired) electrons. The van der Waals surface area contributed by atoms with Crippen LogP contribution in [0.5, 0.6) is 11.5 Å². The van der Waals surface area contributed by atoms with Gasteiger partial charge in [0.25, 0.3) is 0 Å². The summed E-state index contributed by atoms with van der Waals surface area (Å²) in [4.78, 5) is 15.0. The monoisotopic (exact) mass is 387 g/mol. The average molecular weight is 387 g/mol. The van der Waals surface area contributed by atoms with Crippen LogP contribution in [0.25, 0.3) is 0 Å². The van der Waals surface area contributed by atoms with Crippen molar-refractivity contribution in [3.8, 4) is 11.5 Å². The fourth-order valence-corrected chi connectivity index (χ4v) is 3.49. The Morgan fingerprint density at radius 3 is 1.93 bits per heavy atom. The first-order valence-corrected chi connectivity index (χ1v) is 10.0. The summed E-state index contributed by atoms with van der Waals surface area (Å²) in [5.74, 6) is 1.69. The van der Waals surface area contributed by atoms with E-state index in [-0.39, 0.29) is 5.91 Å². The van der Waals surface area contributed by atoms with Gasteiger partial charge in [0, 0.05) is 19.5 Å². The van der Waals surface area contributed by atoms with E-state index in [4.69, 9.17) is 9.47 Å². The normalized spacial score (nSPS) is 12.4. The smallest absolute Gasteiger partial charge is 0.223 e. The van der Waals surface area contributed by atoms with E-state index in [1.807, 2.05) is 59.5 Å². The minimum Gasteiger partial charge on any atom is -0.486 e. The van der Waals surface area contributed by atoms with Crippen LogP contribution < -0.4 is 9.47 Å². The first kappa shape index (κ1) is 19.1. The third kappa shape index (κ3) is 5.17. The summed E-state index contributed by atoms with van der Waals surface area (Å²) in [5, 5.41) is 0. The van der Waals surface area contributed by atoms with E-state index in [1.165, 1.54) is 0 Å². The van der Waals surface area contributed by atoms with Crippen LogP contribution in [0.1, 0.15) is 23.1 Å². The number of nitrogens with zero attached hydrogens (tertiary/aromatic N) is 1. The number of fused-ring (bicyclic) bond motifs is 1.